The minimum absolute atomic E-state index is 0.269. The highest BCUT2D eigenvalue weighted by Crippen LogP contribution is 2.74. The van der Waals surface area contributed by atoms with Gasteiger partial charge in [-0.1, -0.05) is 94.2 Å². The molecule has 0 radical (unpaired) electrons. The van der Waals surface area contributed by atoms with Crippen LogP contribution in [-0.2, 0) is 0 Å². The number of rotatable bonds is 0. The standard InChI is InChI=1S/C28H50/c1-16-14-18(3)27(12)22(7)20(5)24-19(4)17(2)15-26(11,25(24,9)10)23(8)28(27,13)21(16)6/h16-18,20-23H,14-15H2,1-13H3. The lowest BCUT2D eigenvalue weighted by Crippen LogP contribution is -2.66. The quantitative estimate of drug-likeness (QED) is 0.365. The van der Waals surface area contributed by atoms with Gasteiger partial charge in [-0.15, -0.1) is 0 Å². The zero-order chi connectivity index (χ0) is 21.6. The molecule has 3 aliphatic carbocycles. The molecule has 2 saturated carbocycles. The first kappa shape index (κ1) is 22.4. The van der Waals surface area contributed by atoms with Crippen LogP contribution in [0, 0.1) is 63.1 Å². The Morgan fingerprint density at radius 1 is 0.750 bits per heavy atom. The lowest BCUT2D eigenvalue weighted by atomic mass is 9.32. The molecule has 0 heteroatoms. The number of hydrogen-bond donors (Lipinski definition) is 0. The van der Waals surface area contributed by atoms with Crippen LogP contribution in [0.1, 0.15) is 103 Å². The first-order chi connectivity index (χ1) is 12.6. The summed E-state index contributed by atoms with van der Waals surface area (Å²) >= 11 is 0. The molecule has 10 atom stereocenters. The Kier molecular flexibility index (Phi) is 5.10. The van der Waals surface area contributed by atoms with Gasteiger partial charge in [-0.2, -0.15) is 0 Å². The smallest absolute Gasteiger partial charge is 0.00825 e. The molecular formula is C28H50. The van der Waals surface area contributed by atoms with Gasteiger partial charge in [0.05, 0.1) is 0 Å². The van der Waals surface area contributed by atoms with Crippen LogP contribution >= 0.6 is 0 Å². The van der Waals surface area contributed by atoms with Crippen LogP contribution in [0.25, 0.3) is 0 Å². The Bertz CT molecular complexity index is 668. The van der Waals surface area contributed by atoms with Gasteiger partial charge in [-0.3, -0.25) is 0 Å². The summed E-state index contributed by atoms with van der Waals surface area (Å²) in [5.41, 5.74) is 4.88. The van der Waals surface area contributed by atoms with E-state index in [0.29, 0.717) is 39.9 Å². The molecule has 0 nitrogen and oxygen atoms in total. The Morgan fingerprint density at radius 3 is 1.82 bits per heavy atom. The van der Waals surface area contributed by atoms with Crippen molar-refractivity contribution in [1.29, 1.82) is 0 Å². The van der Waals surface area contributed by atoms with Crippen molar-refractivity contribution in [2.75, 3.05) is 0 Å². The highest BCUT2D eigenvalue weighted by atomic mass is 14.7. The van der Waals surface area contributed by atoms with Crippen molar-refractivity contribution in [1.82, 2.24) is 0 Å². The molecular weight excluding hydrogens is 336 g/mol. The molecule has 28 heavy (non-hydrogen) atoms. The maximum absolute atomic E-state index is 2.72. The van der Waals surface area contributed by atoms with Crippen LogP contribution < -0.4 is 0 Å². The first-order valence-corrected chi connectivity index (χ1v) is 12.3. The Morgan fingerprint density at radius 2 is 1.29 bits per heavy atom. The molecule has 0 N–H and O–H groups in total. The van der Waals surface area contributed by atoms with Crippen LogP contribution in [0.15, 0.2) is 11.1 Å². The van der Waals surface area contributed by atoms with E-state index in [0.717, 1.165) is 17.8 Å². The second-order valence-corrected chi connectivity index (χ2v) is 13.0. The van der Waals surface area contributed by atoms with Crippen LogP contribution in [0.4, 0.5) is 0 Å². The van der Waals surface area contributed by atoms with Gasteiger partial charge in [0.15, 0.2) is 0 Å². The maximum Gasteiger partial charge on any atom is -0.00825 e. The van der Waals surface area contributed by atoms with Gasteiger partial charge in [0, 0.05) is 0 Å². The Hall–Kier alpha value is -0.260. The Balaban J connectivity index is 2.39. The number of fused-ring (bicyclic) bond motifs is 3. The predicted molar refractivity (Wildman–Crippen MR) is 124 cm³/mol. The zero-order valence-electron chi connectivity index (χ0n) is 21.5. The van der Waals surface area contributed by atoms with E-state index in [1.165, 1.54) is 12.8 Å². The summed E-state index contributed by atoms with van der Waals surface area (Å²) < 4.78 is 0. The number of hydrogen-bond acceptors (Lipinski definition) is 0. The van der Waals surface area contributed by atoms with Gasteiger partial charge in [-0.05, 0) is 82.9 Å². The molecule has 0 spiro atoms. The summed E-state index contributed by atoms with van der Waals surface area (Å²) in [7, 11) is 0. The number of allylic oxidation sites excluding steroid dienone is 2. The van der Waals surface area contributed by atoms with Gasteiger partial charge >= 0.3 is 0 Å². The summed E-state index contributed by atoms with van der Waals surface area (Å²) in [6, 6.07) is 0. The maximum atomic E-state index is 2.72. The predicted octanol–water partition coefficient (Wildman–Crippen LogP) is 8.62. The summed E-state index contributed by atoms with van der Waals surface area (Å²) in [5.74, 6) is 5.18. The van der Waals surface area contributed by atoms with Crippen molar-refractivity contribution in [2.45, 2.75) is 103 Å². The molecule has 0 saturated heterocycles. The molecule has 3 aliphatic rings. The molecule has 0 aromatic heterocycles. The lowest BCUT2D eigenvalue weighted by molar-refractivity contribution is -0.218. The van der Waals surface area contributed by atoms with Crippen molar-refractivity contribution in [2.24, 2.45) is 63.1 Å². The molecule has 10 unspecified atom stereocenters. The topological polar surface area (TPSA) is 0 Å². The first-order valence-electron chi connectivity index (χ1n) is 12.3. The van der Waals surface area contributed by atoms with E-state index in [-0.39, 0.29) is 5.41 Å². The molecule has 2 bridgehead atoms. The summed E-state index contributed by atoms with van der Waals surface area (Å²) in [5, 5.41) is 0. The summed E-state index contributed by atoms with van der Waals surface area (Å²) in [4.78, 5) is 0. The molecule has 0 aliphatic heterocycles. The van der Waals surface area contributed by atoms with E-state index in [4.69, 9.17) is 0 Å². The minimum atomic E-state index is 0.269. The fraction of sp³-hybridized carbons (Fsp3) is 0.929. The highest BCUT2D eigenvalue weighted by Gasteiger charge is 2.68. The zero-order valence-corrected chi connectivity index (χ0v) is 21.5. The van der Waals surface area contributed by atoms with Gasteiger partial charge in [0.25, 0.3) is 0 Å². The van der Waals surface area contributed by atoms with Crippen LogP contribution in [0.3, 0.4) is 0 Å². The molecule has 0 heterocycles. The van der Waals surface area contributed by atoms with Crippen LogP contribution in [-0.4, -0.2) is 0 Å². The normalized spacial score (nSPS) is 56.7. The van der Waals surface area contributed by atoms with Gasteiger partial charge in [0.2, 0.25) is 0 Å². The molecule has 162 valence electrons. The largest absolute Gasteiger partial charge is 0.0704 e. The third-order valence-corrected chi connectivity index (χ3v) is 12.7. The van der Waals surface area contributed by atoms with E-state index in [1.54, 1.807) is 5.57 Å². The van der Waals surface area contributed by atoms with Crippen LogP contribution in [0.2, 0.25) is 0 Å². The second-order valence-electron chi connectivity index (χ2n) is 13.0. The molecule has 3 rings (SSSR count). The van der Waals surface area contributed by atoms with Gasteiger partial charge < -0.3 is 0 Å². The van der Waals surface area contributed by atoms with Crippen molar-refractivity contribution in [3.05, 3.63) is 11.1 Å². The average Bonchev–Trinajstić information content (AvgIpc) is 2.61. The molecule has 2 fully saturated rings. The molecule has 0 aromatic rings. The minimum Gasteiger partial charge on any atom is -0.0704 e. The van der Waals surface area contributed by atoms with Crippen molar-refractivity contribution in [3.63, 3.8) is 0 Å². The van der Waals surface area contributed by atoms with Crippen LogP contribution in [0.5, 0.6) is 0 Å². The molecule has 0 aromatic carbocycles. The fourth-order valence-corrected chi connectivity index (χ4v) is 9.61. The summed E-state index contributed by atoms with van der Waals surface area (Å²) in [6.07, 6.45) is 2.74. The van der Waals surface area contributed by atoms with E-state index < -0.39 is 0 Å². The third kappa shape index (κ3) is 2.30. The van der Waals surface area contributed by atoms with Gasteiger partial charge in [0.1, 0.15) is 0 Å². The lowest BCUT2D eigenvalue weighted by Gasteiger charge is -2.72. The summed E-state index contributed by atoms with van der Waals surface area (Å²) in [6.45, 7) is 33.9. The van der Waals surface area contributed by atoms with E-state index in [1.807, 2.05) is 5.57 Å². The van der Waals surface area contributed by atoms with E-state index in [2.05, 4.69) is 90.0 Å². The third-order valence-electron chi connectivity index (χ3n) is 12.7. The highest BCUT2D eigenvalue weighted by molar-refractivity contribution is 5.34. The van der Waals surface area contributed by atoms with Crippen molar-refractivity contribution in [3.8, 4) is 0 Å². The average molecular weight is 387 g/mol. The van der Waals surface area contributed by atoms with Crippen molar-refractivity contribution >= 4 is 0 Å². The fourth-order valence-electron chi connectivity index (χ4n) is 9.61. The van der Waals surface area contributed by atoms with E-state index in [9.17, 15) is 0 Å². The van der Waals surface area contributed by atoms with E-state index >= 15 is 0 Å². The SMILES string of the molecule is CC1=C2C(C)C(C)C3(C)C(C)CC(C)C(C)C3(C)C(C)C(C)(CC1C)C2(C)C. The van der Waals surface area contributed by atoms with Gasteiger partial charge in [-0.25, -0.2) is 0 Å². The Labute approximate surface area is 177 Å². The molecule has 0 amide bonds. The monoisotopic (exact) mass is 386 g/mol. The second kappa shape index (κ2) is 6.37. The van der Waals surface area contributed by atoms with Crippen molar-refractivity contribution < 1.29 is 0 Å².